The number of hydrogen-bond donors (Lipinski definition) is 1. The topological polar surface area (TPSA) is 63.5 Å². The van der Waals surface area contributed by atoms with Gasteiger partial charge in [-0.2, -0.15) is 0 Å². The van der Waals surface area contributed by atoms with E-state index in [1.807, 2.05) is 49.4 Å². The van der Waals surface area contributed by atoms with Gasteiger partial charge in [0.05, 0.1) is 11.0 Å². The predicted molar refractivity (Wildman–Crippen MR) is 104 cm³/mol. The summed E-state index contributed by atoms with van der Waals surface area (Å²) in [6.07, 6.45) is 0.737. The van der Waals surface area contributed by atoms with Crippen LogP contribution in [0.5, 0.6) is 0 Å². The highest BCUT2D eigenvalue weighted by atomic mass is 32.1. The van der Waals surface area contributed by atoms with Crippen molar-refractivity contribution in [1.82, 2.24) is 14.7 Å². The first-order valence-electron chi connectivity index (χ1n) is 8.37. The van der Waals surface area contributed by atoms with Crippen molar-refractivity contribution in [2.75, 3.05) is 6.54 Å². The smallest absolute Gasteiger partial charge is 0.268 e. The molecule has 2 heterocycles. The minimum absolute atomic E-state index is 0.184. The molecular weight excluding hydrogens is 346 g/mol. The van der Waals surface area contributed by atoms with Gasteiger partial charge in [0.2, 0.25) is 4.74 Å². The molecule has 2 aromatic carbocycles. The second-order valence-corrected chi connectivity index (χ2v) is 7.14. The molecule has 0 saturated heterocycles. The van der Waals surface area contributed by atoms with Crippen molar-refractivity contribution in [3.05, 3.63) is 81.0 Å². The third kappa shape index (κ3) is 3.11. The Bertz CT molecular complexity index is 1180. The molecule has 0 aliphatic carbocycles. The molecule has 5 nitrogen and oxygen atoms in total. The summed E-state index contributed by atoms with van der Waals surface area (Å²) >= 11 is 1.04. The van der Waals surface area contributed by atoms with E-state index in [4.69, 9.17) is 0 Å². The lowest BCUT2D eigenvalue weighted by atomic mass is 10.1. The number of benzene rings is 2. The van der Waals surface area contributed by atoms with E-state index >= 15 is 0 Å². The van der Waals surface area contributed by atoms with Gasteiger partial charge in [0.15, 0.2) is 4.96 Å². The Kier molecular flexibility index (Phi) is 4.26. The molecule has 1 N–H and O–H groups in total. The third-order valence-electron chi connectivity index (χ3n) is 4.23. The Morgan fingerprint density at radius 1 is 1.15 bits per heavy atom. The van der Waals surface area contributed by atoms with E-state index in [-0.39, 0.29) is 10.6 Å². The van der Waals surface area contributed by atoms with Crippen LogP contribution in [0.15, 0.2) is 59.4 Å². The number of carbonyl (C=O) groups excluding carboxylic acids is 1. The molecule has 0 bridgehead atoms. The molecule has 0 saturated carbocycles. The number of para-hydroxylation sites is 2. The maximum atomic E-state index is 12.7. The van der Waals surface area contributed by atoms with E-state index in [2.05, 4.69) is 16.4 Å². The lowest BCUT2D eigenvalue weighted by molar-refractivity contribution is 0.0948. The van der Waals surface area contributed by atoms with Crippen LogP contribution in [0.25, 0.3) is 16.0 Å². The average Bonchev–Trinajstić information content (AvgIpc) is 2.99. The van der Waals surface area contributed by atoms with E-state index in [0.717, 1.165) is 28.8 Å². The normalized spacial score (nSPS) is 11.1. The van der Waals surface area contributed by atoms with Crippen LogP contribution in [-0.2, 0) is 6.42 Å². The van der Waals surface area contributed by atoms with Crippen LogP contribution < -0.4 is 10.1 Å². The molecule has 0 fully saturated rings. The van der Waals surface area contributed by atoms with Gasteiger partial charge in [-0.1, -0.05) is 53.3 Å². The number of carbonyl (C=O) groups is 1. The second kappa shape index (κ2) is 6.72. The fraction of sp³-hybridized carbons (Fsp3) is 0.150. The molecule has 1 amide bonds. The molecule has 0 unspecified atom stereocenters. The first-order chi connectivity index (χ1) is 12.6. The highest BCUT2D eigenvalue weighted by Crippen LogP contribution is 2.19. The predicted octanol–water partition coefficient (Wildman–Crippen LogP) is 3.19. The summed E-state index contributed by atoms with van der Waals surface area (Å²) in [5.74, 6) is -0.268. The van der Waals surface area contributed by atoms with Crippen molar-refractivity contribution in [3.8, 4) is 0 Å². The van der Waals surface area contributed by atoms with Crippen molar-refractivity contribution in [3.63, 3.8) is 0 Å². The Labute approximate surface area is 153 Å². The quantitative estimate of drug-likeness (QED) is 0.606. The second-order valence-electron chi connectivity index (χ2n) is 6.16. The van der Waals surface area contributed by atoms with E-state index in [1.54, 1.807) is 4.40 Å². The minimum Gasteiger partial charge on any atom is -0.350 e. The Hall–Kier alpha value is -2.99. The summed E-state index contributed by atoms with van der Waals surface area (Å²) in [6, 6.07) is 17.1. The summed E-state index contributed by atoms with van der Waals surface area (Å²) in [6.45, 7) is 2.55. The van der Waals surface area contributed by atoms with Gasteiger partial charge in [0.1, 0.15) is 5.69 Å². The van der Waals surface area contributed by atoms with Crippen LogP contribution in [0.4, 0.5) is 0 Å². The van der Waals surface area contributed by atoms with Gasteiger partial charge in [-0.3, -0.25) is 14.0 Å². The largest absolute Gasteiger partial charge is 0.350 e. The first kappa shape index (κ1) is 16.5. The number of fused-ring (bicyclic) bond motifs is 3. The average molecular weight is 363 g/mol. The monoisotopic (exact) mass is 363 g/mol. The molecule has 4 rings (SSSR count). The molecule has 0 atom stereocenters. The number of imidazole rings is 1. The van der Waals surface area contributed by atoms with Gasteiger partial charge < -0.3 is 5.32 Å². The van der Waals surface area contributed by atoms with Crippen LogP contribution in [0.3, 0.4) is 0 Å². The van der Waals surface area contributed by atoms with Gasteiger partial charge in [-0.25, -0.2) is 4.98 Å². The van der Waals surface area contributed by atoms with Crippen molar-refractivity contribution < 1.29 is 4.79 Å². The molecule has 2 aromatic heterocycles. The molecule has 0 aliphatic heterocycles. The van der Waals surface area contributed by atoms with Gasteiger partial charge in [0, 0.05) is 12.6 Å². The number of nitrogens with zero attached hydrogens (tertiary/aromatic N) is 2. The molecular formula is C20H17N3O2S. The van der Waals surface area contributed by atoms with Crippen LogP contribution in [0, 0.1) is 6.92 Å². The number of rotatable bonds is 4. The summed E-state index contributed by atoms with van der Waals surface area (Å²) in [5, 5.41) is 2.92. The van der Waals surface area contributed by atoms with Gasteiger partial charge in [-0.15, -0.1) is 0 Å². The molecule has 26 heavy (non-hydrogen) atoms. The highest BCUT2D eigenvalue weighted by Gasteiger charge is 2.15. The number of amides is 1. The van der Waals surface area contributed by atoms with Crippen LogP contribution >= 0.6 is 11.3 Å². The molecule has 0 radical (unpaired) electrons. The van der Waals surface area contributed by atoms with E-state index in [0.29, 0.717) is 17.2 Å². The molecule has 130 valence electrons. The Morgan fingerprint density at radius 2 is 2.00 bits per heavy atom. The van der Waals surface area contributed by atoms with Crippen molar-refractivity contribution in [2.45, 2.75) is 13.3 Å². The number of aromatic nitrogens is 2. The summed E-state index contributed by atoms with van der Waals surface area (Å²) in [4.78, 5) is 29.7. The summed E-state index contributed by atoms with van der Waals surface area (Å²) in [7, 11) is 0. The first-order valence-corrected chi connectivity index (χ1v) is 9.18. The standard InChI is InChI=1S/C20H17N3O2S/c1-13-5-4-6-14(11-13)9-10-21-19(25)17-12-18(24)26-20-22-15-7-2-3-8-16(15)23(17)20/h2-8,11-12H,9-10H2,1H3,(H,21,25). The summed E-state index contributed by atoms with van der Waals surface area (Å²) < 4.78 is 1.57. The minimum atomic E-state index is -0.268. The zero-order valence-corrected chi connectivity index (χ0v) is 15.0. The van der Waals surface area contributed by atoms with E-state index < -0.39 is 0 Å². The third-order valence-corrected chi connectivity index (χ3v) is 5.01. The number of nitrogens with one attached hydrogen (secondary N) is 1. The molecule has 0 spiro atoms. The fourth-order valence-corrected chi connectivity index (χ4v) is 3.83. The number of aryl methyl sites for hydroxylation is 1. The molecule has 6 heteroatoms. The summed E-state index contributed by atoms with van der Waals surface area (Å²) in [5.41, 5.74) is 4.27. The van der Waals surface area contributed by atoms with Gasteiger partial charge in [0.25, 0.3) is 5.91 Å². The zero-order chi connectivity index (χ0) is 18.1. The van der Waals surface area contributed by atoms with E-state index in [1.165, 1.54) is 17.2 Å². The van der Waals surface area contributed by atoms with Crippen molar-refractivity contribution in [2.24, 2.45) is 0 Å². The SMILES string of the molecule is Cc1cccc(CCNC(=O)c2cc(=O)sc3nc4ccccc4n23)c1. The van der Waals surface area contributed by atoms with Gasteiger partial charge >= 0.3 is 0 Å². The van der Waals surface area contributed by atoms with Crippen molar-refractivity contribution in [1.29, 1.82) is 0 Å². The van der Waals surface area contributed by atoms with Crippen LogP contribution in [0.2, 0.25) is 0 Å². The fourth-order valence-electron chi connectivity index (χ4n) is 3.05. The number of hydrogen-bond acceptors (Lipinski definition) is 4. The highest BCUT2D eigenvalue weighted by molar-refractivity contribution is 7.14. The van der Waals surface area contributed by atoms with Crippen LogP contribution in [-0.4, -0.2) is 21.8 Å². The van der Waals surface area contributed by atoms with E-state index in [9.17, 15) is 9.59 Å². The van der Waals surface area contributed by atoms with Crippen LogP contribution in [0.1, 0.15) is 21.6 Å². The van der Waals surface area contributed by atoms with Crippen molar-refractivity contribution >= 4 is 33.2 Å². The lowest BCUT2D eigenvalue weighted by Crippen LogP contribution is -2.28. The zero-order valence-electron chi connectivity index (χ0n) is 14.2. The van der Waals surface area contributed by atoms with Gasteiger partial charge in [-0.05, 0) is 31.0 Å². The Morgan fingerprint density at radius 3 is 2.85 bits per heavy atom. The lowest BCUT2D eigenvalue weighted by Gasteiger charge is -2.08. The Balaban J connectivity index is 1.63. The molecule has 0 aliphatic rings. The molecule has 4 aromatic rings. The maximum Gasteiger partial charge on any atom is 0.268 e. The maximum absolute atomic E-state index is 12.7.